The van der Waals surface area contributed by atoms with E-state index in [4.69, 9.17) is 13.9 Å². The molecule has 0 spiro atoms. The molecule has 1 aromatic heterocycles. The van der Waals surface area contributed by atoms with Crippen LogP contribution in [0.2, 0.25) is 0 Å². The van der Waals surface area contributed by atoms with Crippen molar-refractivity contribution in [3.8, 4) is 22.8 Å². The monoisotopic (exact) mass is 346 g/mol. The Bertz CT molecular complexity index is 696. The van der Waals surface area contributed by atoms with Crippen LogP contribution in [0.5, 0.6) is 11.5 Å². The first kappa shape index (κ1) is 18.8. The number of amides is 1. The molecule has 0 radical (unpaired) electrons. The molecule has 0 fully saturated rings. The number of hydrogen-bond donors (Lipinski definition) is 1. The maximum atomic E-state index is 11.9. The predicted octanol–water partition coefficient (Wildman–Crippen LogP) is 3.60. The maximum absolute atomic E-state index is 11.9. The number of ether oxygens (including phenoxy) is 2. The first-order valence-electron chi connectivity index (χ1n) is 8.53. The predicted molar refractivity (Wildman–Crippen MR) is 95.9 cm³/mol. The van der Waals surface area contributed by atoms with Crippen LogP contribution in [0.1, 0.15) is 39.0 Å². The number of oxazole rings is 1. The average Bonchev–Trinajstić information content (AvgIpc) is 3.08. The van der Waals surface area contributed by atoms with E-state index in [-0.39, 0.29) is 11.9 Å². The molecule has 0 bridgehead atoms. The molecule has 0 saturated heterocycles. The number of hydrogen-bond acceptors (Lipinski definition) is 5. The van der Waals surface area contributed by atoms with Gasteiger partial charge in [0.15, 0.2) is 11.7 Å². The third-order valence-electron chi connectivity index (χ3n) is 3.92. The summed E-state index contributed by atoms with van der Waals surface area (Å²) in [6, 6.07) is 5.69. The van der Waals surface area contributed by atoms with Gasteiger partial charge in [-0.15, -0.1) is 0 Å². The summed E-state index contributed by atoms with van der Waals surface area (Å²) in [5.74, 6) is 2.51. The summed E-state index contributed by atoms with van der Waals surface area (Å²) in [5.41, 5.74) is 0.795. The quantitative estimate of drug-likeness (QED) is 0.751. The third-order valence-corrected chi connectivity index (χ3v) is 3.92. The standard InChI is InChI=1S/C19H26N2O4/c1-5-6-13(2)21-18(22)9-10-19-20-12-17(25-19)15-8-7-14(23-3)11-16(15)24-4/h7-8,11-13H,5-6,9-10H2,1-4H3,(H,21,22)/t13-/m1/s1. The number of benzene rings is 1. The SMILES string of the molecule is CCC[C@@H](C)NC(=O)CCc1ncc(-c2ccc(OC)cc2OC)o1. The van der Waals surface area contributed by atoms with E-state index in [2.05, 4.69) is 17.2 Å². The molecule has 1 N–H and O–H groups in total. The molecular formula is C19H26N2O4. The van der Waals surface area contributed by atoms with Crippen molar-refractivity contribution < 1.29 is 18.7 Å². The number of methoxy groups -OCH3 is 2. The van der Waals surface area contributed by atoms with Gasteiger partial charge in [0.2, 0.25) is 5.91 Å². The van der Waals surface area contributed by atoms with E-state index >= 15 is 0 Å². The molecule has 1 aromatic carbocycles. The number of nitrogens with one attached hydrogen (secondary N) is 1. The number of carbonyl (C=O) groups excluding carboxylic acids is 1. The molecule has 0 saturated carbocycles. The molecule has 6 nitrogen and oxygen atoms in total. The van der Waals surface area contributed by atoms with Gasteiger partial charge in [0.05, 0.1) is 26.0 Å². The minimum atomic E-state index is 0.0164. The lowest BCUT2D eigenvalue weighted by molar-refractivity contribution is -0.121. The van der Waals surface area contributed by atoms with Gasteiger partial charge in [-0.3, -0.25) is 4.79 Å². The Morgan fingerprint density at radius 2 is 2.12 bits per heavy atom. The van der Waals surface area contributed by atoms with Gasteiger partial charge in [-0.1, -0.05) is 13.3 Å². The summed E-state index contributed by atoms with van der Waals surface area (Å²) in [5, 5.41) is 2.98. The molecule has 2 aromatic rings. The second-order valence-electron chi connectivity index (χ2n) is 5.94. The topological polar surface area (TPSA) is 73.6 Å². The van der Waals surface area contributed by atoms with Gasteiger partial charge >= 0.3 is 0 Å². The van der Waals surface area contributed by atoms with Gasteiger partial charge in [0.1, 0.15) is 11.5 Å². The smallest absolute Gasteiger partial charge is 0.220 e. The zero-order chi connectivity index (χ0) is 18.2. The van der Waals surface area contributed by atoms with E-state index in [1.165, 1.54) is 0 Å². The summed E-state index contributed by atoms with van der Waals surface area (Å²) in [6.07, 6.45) is 4.49. The molecule has 0 aliphatic heterocycles. The lowest BCUT2D eigenvalue weighted by Crippen LogP contribution is -2.32. The van der Waals surface area contributed by atoms with Crippen LogP contribution in [0.3, 0.4) is 0 Å². The Kier molecular flexibility index (Phi) is 6.86. The Morgan fingerprint density at radius 1 is 1.32 bits per heavy atom. The number of aromatic nitrogens is 1. The van der Waals surface area contributed by atoms with Crippen molar-refractivity contribution >= 4 is 5.91 Å². The highest BCUT2D eigenvalue weighted by molar-refractivity contribution is 5.76. The summed E-state index contributed by atoms with van der Waals surface area (Å²) in [7, 11) is 3.20. The molecule has 0 aliphatic carbocycles. The van der Waals surface area contributed by atoms with E-state index in [1.54, 1.807) is 26.5 Å². The first-order valence-corrected chi connectivity index (χ1v) is 8.53. The highest BCUT2D eigenvalue weighted by Crippen LogP contribution is 2.33. The largest absolute Gasteiger partial charge is 0.497 e. The molecule has 6 heteroatoms. The van der Waals surface area contributed by atoms with Crippen LogP contribution < -0.4 is 14.8 Å². The minimum Gasteiger partial charge on any atom is -0.497 e. The normalized spacial score (nSPS) is 11.8. The molecular weight excluding hydrogens is 320 g/mol. The fraction of sp³-hybridized carbons (Fsp3) is 0.474. The van der Waals surface area contributed by atoms with Crippen LogP contribution in [0, 0.1) is 0 Å². The summed E-state index contributed by atoms with van der Waals surface area (Å²) < 4.78 is 16.4. The fourth-order valence-corrected chi connectivity index (χ4v) is 2.63. The number of aryl methyl sites for hydroxylation is 1. The van der Waals surface area contributed by atoms with Crippen LogP contribution in [0.4, 0.5) is 0 Å². The van der Waals surface area contributed by atoms with Crippen molar-refractivity contribution in [2.24, 2.45) is 0 Å². The third kappa shape index (κ3) is 5.24. The van der Waals surface area contributed by atoms with Crippen molar-refractivity contribution in [2.45, 2.75) is 45.6 Å². The van der Waals surface area contributed by atoms with Crippen molar-refractivity contribution in [1.29, 1.82) is 0 Å². The summed E-state index contributed by atoms with van der Waals surface area (Å²) >= 11 is 0. The van der Waals surface area contributed by atoms with Crippen LogP contribution >= 0.6 is 0 Å². The van der Waals surface area contributed by atoms with Crippen LogP contribution in [-0.2, 0) is 11.2 Å². The van der Waals surface area contributed by atoms with Gasteiger partial charge in [0.25, 0.3) is 0 Å². The van der Waals surface area contributed by atoms with E-state index in [0.717, 1.165) is 18.4 Å². The van der Waals surface area contributed by atoms with E-state index < -0.39 is 0 Å². The molecule has 25 heavy (non-hydrogen) atoms. The number of carbonyl (C=O) groups is 1. The van der Waals surface area contributed by atoms with Crippen LogP contribution in [0.25, 0.3) is 11.3 Å². The lowest BCUT2D eigenvalue weighted by Gasteiger charge is -2.11. The molecule has 1 heterocycles. The molecule has 2 rings (SSSR count). The fourth-order valence-electron chi connectivity index (χ4n) is 2.63. The van der Waals surface area contributed by atoms with Crippen molar-refractivity contribution in [3.63, 3.8) is 0 Å². The van der Waals surface area contributed by atoms with E-state index in [1.807, 2.05) is 19.1 Å². The Morgan fingerprint density at radius 3 is 2.80 bits per heavy atom. The molecule has 0 unspecified atom stereocenters. The Labute approximate surface area is 148 Å². The second kappa shape index (κ2) is 9.11. The van der Waals surface area contributed by atoms with Crippen molar-refractivity contribution in [2.75, 3.05) is 14.2 Å². The minimum absolute atomic E-state index is 0.0164. The number of rotatable bonds is 9. The van der Waals surface area contributed by atoms with Gasteiger partial charge in [-0.05, 0) is 25.5 Å². The van der Waals surface area contributed by atoms with Gasteiger partial charge in [-0.2, -0.15) is 0 Å². The molecule has 136 valence electrons. The van der Waals surface area contributed by atoms with E-state index in [0.29, 0.717) is 36.0 Å². The van der Waals surface area contributed by atoms with E-state index in [9.17, 15) is 4.79 Å². The summed E-state index contributed by atoms with van der Waals surface area (Å²) in [4.78, 5) is 16.2. The van der Waals surface area contributed by atoms with Gasteiger partial charge in [-0.25, -0.2) is 4.98 Å². The van der Waals surface area contributed by atoms with Crippen LogP contribution in [0.15, 0.2) is 28.8 Å². The Hall–Kier alpha value is -2.50. The first-order chi connectivity index (χ1) is 12.1. The zero-order valence-electron chi connectivity index (χ0n) is 15.3. The Balaban J connectivity index is 1.99. The highest BCUT2D eigenvalue weighted by Gasteiger charge is 2.14. The van der Waals surface area contributed by atoms with Crippen molar-refractivity contribution in [3.05, 3.63) is 30.3 Å². The molecule has 0 aliphatic rings. The lowest BCUT2D eigenvalue weighted by atomic mass is 10.1. The summed E-state index contributed by atoms with van der Waals surface area (Å²) in [6.45, 7) is 4.12. The van der Waals surface area contributed by atoms with Crippen LogP contribution in [-0.4, -0.2) is 31.2 Å². The van der Waals surface area contributed by atoms with Gasteiger partial charge in [0, 0.05) is 24.9 Å². The number of nitrogens with zero attached hydrogens (tertiary/aromatic N) is 1. The molecule has 1 amide bonds. The highest BCUT2D eigenvalue weighted by atomic mass is 16.5. The maximum Gasteiger partial charge on any atom is 0.220 e. The molecule has 1 atom stereocenters. The second-order valence-corrected chi connectivity index (χ2v) is 5.94. The zero-order valence-corrected chi connectivity index (χ0v) is 15.3. The van der Waals surface area contributed by atoms with Gasteiger partial charge < -0.3 is 19.2 Å². The van der Waals surface area contributed by atoms with Crippen molar-refractivity contribution in [1.82, 2.24) is 10.3 Å². The average molecular weight is 346 g/mol.